The number of nitrogens with zero attached hydrogens (tertiary/aromatic N) is 2. The number of hydrogen-bond acceptors (Lipinski definition) is 5. The summed E-state index contributed by atoms with van der Waals surface area (Å²) in [6, 6.07) is 16.4. The van der Waals surface area contributed by atoms with Gasteiger partial charge in [-0.15, -0.1) is 0 Å². The Labute approximate surface area is 171 Å². The van der Waals surface area contributed by atoms with Crippen LogP contribution in [0.2, 0.25) is 0 Å². The SMILES string of the molecule is COc1cc(-c2noc(-c3ccccc3C)n2)ccc1OCc1c(F)cccc1F. The summed E-state index contributed by atoms with van der Waals surface area (Å²) in [4.78, 5) is 4.46. The summed E-state index contributed by atoms with van der Waals surface area (Å²) in [5, 5.41) is 4.04. The Morgan fingerprint density at radius 1 is 0.933 bits per heavy atom. The van der Waals surface area contributed by atoms with Crippen LogP contribution in [0.5, 0.6) is 11.5 Å². The first-order chi connectivity index (χ1) is 14.6. The van der Waals surface area contributed by atoms with Gasteiger partial charge in [-0.1, -0.05) is 29.4 Å². The summed E-state index contributed by atoms with van der Waals surface area (Å²) in [6.07, 6.45) is 0. The molecule has 4 rings (SSSR count). The molecule has 152 valence electrons. The number of halogens is 2. The lowest BCUT2D eigenvalue weighted by Gasteiger charge is -2.12. The van der Waals surface area contributed by atoms with E-state index >= 15 is 0 Å². The smallest absolute Gasteiger partial charge is 0.258 e. The van der Waals surface area contributed by atoms with E-state index in [1.165, 1.54) is 25.3 Å². The zero-order valence-corrected chi connectivity index (χ0v) is 16.4. The van der Waals surface area contributed by atoms with E-state index in [2.05, 4.69) is 10.1 Å². The quantitative estimate of drug-likeness (QED) is 0.417. The molecule has 0 fully saturated rings. The fourth-order valence-electron chi connectivity index (χ4n) is 3.01. The lowest BCUT2D eigenvalue weighted by Crippen LogP contribution is -2.03. The molecular formula is C23H18F2N2O3. The van der Waals surface area contributed by atoms with Crippen molar-refractivity contribution in [3.05, 3.63) is 83.4 Å². The maximum atomic E-state index is 13.8. The highest BCUT2D eigenvalue weighted by atomic mass is 19.1. The minimum atomic E-state index is -0.666. The lowest BCUT2D eigenvalue weighted by atomic mass is 10.1. The molecule has 1 heterocycles. The van der Waals surface area contributed by atoms with Crippen molar-refractivity contribution in [2.24, 2.45) is 0 Å². The molecule has 0 bridgehead atoms. The van der Waals surface area contributed by atoms with E-state index in [0.717, 1.165) is 11.1 Å². The van der Waals surface area contributed by atoms with Crippen molar-refractivity contribution in [1.29, 1.82) is 0 Å². The van der Waals surface area contributed by atoms with E-state index in [1.54, 1.807) is 18.2 Å². The minimum Gasteiger partial charge on any atom is -0.493 e. The molecule has 1 aromatic heterocycles. The number of ether oxygens (including phenoxy) is 2. The lowest BCUT2D eigenvalue weighted by molar-refractivity contribution is 0.274. The van der Waals surface area contributed by atoms with Crippen molar-refractivity contribution < 1.29 is 22.8 Å². The predicted octanol–water partition coefficient (Wildman–Crippen LogP) is 5.58. The number of aromatic nitrogens is 2. The van der Waals surface area contributed by atoms with Gasteiger partial charge in [0.25, 0.3) is 5.89 Å². The molecule has 0 radical (unpaired) electrons. The Kier molecular flexibility index (Phi) is 5.43. The van der Waals surface area contributed by atoms with Crippen molar-refractivity contribution in [2.75, 3.05) is 7.11 Å². The molecule has 4 aromatic rings. The first kappa shape index (κ1) is 19.6. The molecule has 0 saturated heterocycles. The van der Waals surface area contributed by atoms with Gasteiger partial charge in [-0.25, -0.2) is 8.78 Å². The van der Waals surface area contributed by atoms with Crippen molar-refractivity contribution in [3.63, 3.8) is 0 Å². The first-order valence-electron chi connectivity index (χ1n) is 9.20. The van der Waals surface area contributed by atoms with Crippen LogP contribution in [-0.4, -0.2) is 17.3 Å². The number of rotatable bonds is 6. The minimum absolute atomic E-state index is 0.148. The zero-order chi connectivity index (χ0) is 21.1. The van der Waals surface area contributed by atoms with Gasteiger partial charge in [-0.3, -0.25) is 0 Å². The number of aryl methyl sites for hydroxylation is 1. The fourth-order valence-corrected chi connectivity index (χ4v) is 3.01. The molecule has 0 aliphatic rings. The van der Waals surface area contributed by atoms with Gasteiger partial charge in [0.05, 0.1) is 12.7 Å². The van der Waals surface area contributed by atoms with Crippen LogP contribution in [0.3, 0.4) is 0 Å². The van der Waals surface area contributed by atoms with Crippen LogP contribution in [0.25, 0.3) is 22.8 Å². The highest BCUT2D eigenvalue weighted by Crippen LogP contribution is 2.33. The molecule has 0 spiro atoms. The highest BCUT2D eigenvalue weighted by molar-refractivity contribution is 5.64. The van der Waals surface area contributed by atoms with Gasteiger partial charge in [-0.2, -0.15) is 4.98 Å². The summed E-state index contributed by atoms with van der Waals surface area (Å²) >= 11 is 0. The molecule has 0 unspecified atom stereocenters. The Morgan fingerprint density at radius 2 is 1.70 bits per heavy atom. The van der Waals surface area contributed by atoms with Gasteiger partial charge < -0.3 is 14.0 Å². The molecule has 0 aliphatic carbocycles. The van der Waals surface area contributed by atoms with E-state index in [4.69, 9.17) is 14.0 Å². The first-order valence-corrected chi connectivity index (χ1v) is 9.20. The van der Waals surface area contributed by atoms with E-state index in [9.17, 15) is 8.78 Å². The maximum absolute atomic E-state index is 13.8. The topological polar surface area (TPSA) is 57.4 Å². The van der Waals surface area contributed by atoms with Crippen molar-refractivity contribution in [1.82, 2.24) is 10.1 Å². The fraction of sp³-hybridized carbons (Fsp3) is 0.130. The van der Waals surface area contributed by atoms with E-state index in [0.29, 0.717) is 28.8 Å². The number of hydrogen-bond donors (Lipinski definition) is 0. The second kappa shape index (κ2) is 8.32. The van der Waals surface area contributed by atoms with Gasteiger partial charge in [0, 0.05) is 11.1 Å². The van der Waals surface area contributed by atoms with Crippen LogP contribution < -0.4 is 9.47 Å². The highest BCUT2D eigenvalue weighted by Gasteiger charge is 2.16. The average molecular weight is 408 g/mol. The number of methoxy groups -OCH3 is 1. The third-order valence-corrected chi connectivity index (χ3v) is 4.66. The summed E-state index contributed by atoms with van der Waals surface area (Å²) in [5.74, 6) is 0.191. The molecule has 0 saturated carbocycles. The molecule has 7 heteroatoms. The monoisotopic (exact) mass is 408 g/mol. The van der Waals surface area contributed by atoms with Crippen LogP contribution in [0.4, 0.5) is 8.78 Å². The predicted molar refractivity (Wildman–Crippen MR) is 107 cm³/mol. The second-order valence-electron chi connectivity index (χ2n) is 6.59. The Morgan fingerprint density at radius 3 is 2.43 bits per heavy atom. The second-order valence-corrected chi connectivity index (χ2v) is 6.59. The molecule has 30 heavy (non-hydrogen) atoms. The molecular weight excluding hydrogens is 390 g/mol. The van der Waals surface area contributed by atoms with E-state index < -0.39 is 11.6 Å². The molecule has 0 amide bonds. The maximum Gasteiger partial charge on any atom is 0.258 e. The van der Waals surface area contributed by atoms with Crippen LogP contribution in [0.15, 0.2) is 65.2 Å². The van der Waals surface area contributed by atoms with Gasteiger partial charge in [0.1, 0.15) is 18.2 Å². The van der Waals surface area contributed by atoms with Crippen molar-refractivity contribution in [2.45, 2.75) is 13.5 Å². The normalized spacial score (nSPS) is 10.8. The van der Waals surface area contributed by atoms with Crippen LogP contribution >= 0.6 is 0 Å². The van der Waals surface area contributed by atoms with Crippen molar-refractivity contribution in [3.8, 4) is 34.3 Å². The van der Waals surface area contributed by atoms with Gasteiger partial charge in [0.2, 0.25) is 5.82 Å². The average Bonchev–Trinajstić information content (AvgIpc) is 3.24. The van der Waals surface area contributed by atoms with Gasteiger partial charge in [0.15, 0.2) is 11.5 Å². The molecule has 0 atom stereocenters. The third kappa shape index (κ3) is 3.87. The van der Waals surface area contributed by atoms with Crippen molar-refractivity contribution >= 4 is 0 Å². The Bertz CT molecular complexity index is 1170. The molecule has 3 aromatic carbocycles. The van der Waals surface area contributed by atoms with Crippen LogP contribution in [-0.2, 0) is 6.61 Å². The van der Waals surface area contributed by atoms with E-state index in [1.807, 2.05) is 31.2 Å². The summed E-state index contributed by atoms with van der Waals surface area (Å²) in [5.41, 5.74) is 2.38. The van der Waals surface area contributed by atoms with Crippen LogP contribution in [0.1, 0.15) is 11.1 Å². The Hall–Kier alpha value is -3.74. The standard InChI is InChI=1S/C23H18F2N2O3/c1-14-6-3-4-7-16(14)23-26-22(27-30-23)15-10-11-20(21(12-15)28-2)29-13-17-18(24)8-5-9-19(17)25/h3-12H,13H2,1-2H3. The van der Waals surface area contributed by atoms with E-state index in [-0.39, 0.29) is 12.2 Å². The van der Waals surface area contributed by atoms with Gasteiger partial charge >= 0.3 is 0 Å². The summed E-state index contributed by atoms with van der Waals surface area (Å²) in [6.45, 7) is 1.70. The third-order valence-electron chi connectivity index (χ3n) is 4.66. The molecule has 0 N–H and O–H groups in total. The van der Waals surface area contributed by atoms with Gasteiger partial charge in [-0.05, 0) is 48.9 Å². The van der Waals surface area contributed by atoms with Crippen LogP contribution in [0, 0.1) is 18.6 Å². The molecule has 5 nitrogen and oxygen atoms in total. The Balaban J connectivity index is 1.58. The summed E-state index contributed by atoms with van der Waals surface area (Å²) < 4.78 is 44.0. The molecule has 0 aliphatic heterocycles. The summed E-state index contributed by atoms with van der Waals surface area (Å²) in [7, 11) is 1.48. The zero-order valence-electron chi connectivity index (χ0n) is 16.4. The number of benzene rings is 3. The largest absolute Gasteiger partial charge is 0.493 e.